The summed E-state index contributed by atoms with van der Waals surface area (Å²) in [5, 5.41) is 10.9. The van der Waals surface area contributed by atoms with E-state index >= 15 is 0 Å². The maximum absolute atomic E-state index is 12.0. The molecule has 12 heteroatoms. The van der Waals surface area contributed by atoms with Crippen LogP contribution in [0.3, 0.4) is 0 Å². The Morgan fingerprint density at radius 2 is 1.66 bits per heavy atom. The first-order valence-corrected chi connectivity index (χ1v) is 9.87. The molecule has 0 radical (unpaired) electrons. The van der Waals surface area contributed by atoms with Crippen molar-refractivity contribution in [3.05, 3.63) is 24.3 Å². The summed E-state index contributed by atoms with van der Waals surface area (Å²) < 4.78 is 23.5. The number of esters is 3. The maximum atomic E-state index is 12.0. The average molecular weight is 448 g/mol. The van der Waals surface area contributed by atoms with Crippen molar-refractivity contribution < 1.29 is 38.1 Å². The fourth-order valence-corrected chi connectivity index (χ4v) is 3.59. The highest BCUT2D eigenvalue weighted by Gasteiger charge is 2.52. The largest absolute Gasteiger partial charge is 0.463 e. The van der Waals surface area contributed by atoms with Gasteiger partial charge < -0.3 is 24.3 Å². The summed E-state index contributed by atoms with van der Waals surface area (Å²) in [5.74, 6) is -2.36. The molecular formula is C20H24N4O8. The molecule has 1 aliphatic rings. The van der Waals surface area contributed by atoms with Gasteiger partial charge in [-0.3, -0.25) is 19.2 Å². The van der Waals surface area contributed by atoms with Crippen LogP contribution in [0.25, 0.3) is 11.0 Å². The van der Waals surface area contributed by atoms with Gasteiger partial charge in [0.25, 0.3) is 0 Å². The molecule has 172 valence electrons. The lowest BCUT2D eigenvalue weighted by Gasteiger charge is -2.45. The Bertz CT molecular complexity index is 1020. The minimum atomic E-state index is -1.17. The quantitative estimate of drug-likeness (QED) is 0.482. The molecule has 1 fully saturated rings. The minimum absolute atomic E-state index is 0.291. The van der Waals surface area contributed by atoms with Crippen LogP contribution in [0.1, 0.15) is 33.9 Å². The normalized spacial score (nSPS) is 25.1. The smallest absolute Gasteiger partial charge is 0.303 e. The van der Waals surface area contributed by atoms with Crippen molar-refractivity contribution >= 4 is 34.8 Å². The lowest BCUT2D eigenvalue weighted by molar-refractivity contribution is -0.238. The molecule has 0 spiro atoms. The zero-order chi connectivity index (χ0) is 23.4. The van der Waals surface area contributed by atoms with Gasteiger partial charge in [-0.2, -0.15) is 0 Å². The van der Waals surface area contributed by atoms with Crippen LogP contribution < -0.4 is 5.32 Å². The van der Waals surface area contributed by atoms with Crippen LogP contribution in [0.4, 0.5) is 0 Å². The summed E-state index contributed by atoms with van der Waals surface area (Å²) in [6.07, 6.45) is -4.38. The number of nitrogens with zero attached hydrogens (tertiary/aromatic N) is 3. The van der Waals surface area contributed by atoms with Crippen LogP contribution in [0.15, 0.2) is 24.3 Å². The third-order valence-electron chi connectivity index (χ3n) is 4.71. The van der Waals surface area contributed by atoms with E-state index in [9.17, 15) is 19.2 Å². The van der Waals surface area contributed by atoms with Crippen LogP contribution in [0.2, 0.25) is 0 Å². The number of nitrogens with one attached hydrogen (secondary N) is 1. The monoisotopic (exact) mass is 448 g/mol. The van der Waals surface area contributed by atoms with E-state index in [1.165, 1.54) is 32.4 Å². The standard InChI is InChI=1S/C20H24N4O8/c1-10(25)21-17-19(31-13(4)28)18(30-12(3)27)16(9-29-11(2)26)32-20(17)24-15-8-6-5-7-14(15)22-23-24/h5-8,16-20H,9H2,1-4H3,(H,21,25)/t16-,17-,18-,19-,20-/m1/s1. The summed E-state index contributed by atoms with van der Waals surface area (Å²) in [6.45, 7) is 4.58. The van der Waals surface area contributed by atoms with E-state index in [1.807, 2.05) is 0 Å². The molecule has 1 aromatic heterocycles. The molecule has 5 atom stereocenters. The van der Waals surface area contributed by atoms with Gasteiger partial charge in [-0.15, -0.1) is 5.10 Å². The molecule has 1 aliphatic heterocycles. The fraction of sp³-hybridized carbons (Fsp3) is 0.500. The Balaban J connectivity index is 2.10. The summed E-state index contributed by atoms with van der Waals surface area (Å²) >= 11 is 0. The van der Waals surface area contributed by atoms with Crippen LogP contribution in [0, 0.1) is 0 Å². The molecule has 0 unspecified atom stereocenters. The highest BCUT2D eigenvalue weighted by Crippen LogP contribution is 2.33. The van der Waals surface area contributed by atoms with Crippen LogP contribution in [0.5, 0.6) is 0 Å². The van der Waals surface area contributed by atoms with Crippen molar-refractivity contribution in [2.24, 2.45) is 0 Å². The van der Waals surface area contributed by atoms with Gasteiger partial charge in [0.15, 0.2) is 18.4 Å². The van der Waals surface area contributed by atoms with Crippen molar-refractivity contribution in [1.82, 2.24) is 20.3 Å². The van der Waals surface area contributed by atoms with Crippen molar-refractivity contribution in [3.63, 3.8) is 0 Å². The predicted molar refractivity (Wildman–Crippen MR) is 107 cm³/mol. The molecule has 32 heavy (non-hydrogen) atoms. The molecule has 0 bridgehead atoms. The number of benzene rings is 1. The third kappa shape index (κ3) is 5.19. The van der Waals surface area contributed by atoms with E-state index in [-0.39, 0.29) is 6.61 Å². The second-order valence-corrected chi connectivity index (χ2v) is 7.26. The van der Waals surface area contributed by atoms with Crippen molar-refractivity contribution in [1.29, 1.82) is 0 Å². The highest BCUT2D eigenvalue weighted by molar-refractivity contribution is 5.75. The van der Waals surface area contributed by atoms with E-state index < -0.39 is 54.4 Å². The molecular weight excluding hydrogens is 424 g/mol. The van der Waals surface area contributed by atoms with Gasteiger partial charge in [0.1, 0.15) is 24.3 Å². The number of carbonyl (C=O) groups excluding carboxylic acids is 4. The van der Waals surface area contributed by atoms with Crippen molar-refractivity contribution in [2.45, 2.75) is 58.3 Å². The van der Waals surface area contributed by atoms with E-state index in [0.29, 0.717) is 11.0 Å². The summed E-state index contributed by atoms with van der Waals surface area (Å²) in [5.41, 5.74) is 1.16. The Kier molecular flexibility index (Phi) is 7.03. The first-order valence-electron chi connectivity index (χ1n) is 9.87. The van der Waals surface area contributed by atoms with Crippen molar-refractivity contribution in [2.75, 3.05) is 6.61 Å². The second-order valence-electron chi connectivity index (χ2n) is 7.26. The average Bonchev–Trinajstić information content (AvgIpc) is 3.12. The van der Waals surface area contributed by atoms with Gasteiger partial charge in [0.2, 0.25) is 5.91 Å². The Hall–Kier alpha value is -3.54. The molecule has 12 nitrogen and oxygen atoms in total. The van der Waals surface area contributed by atoms with Gasteiger partial charge in [0.05, 0.1) is 5.52 Å². The molecule has 0 aliphatic carbocycles. The van der Waals surface area contributed by atoms with Gasteiger partial charge in [-0.1, -0.05) is 17.3 Å². The topological polar surface area (TPSA) is 148 Å². The second kappa shape index (κ2) is 9.73. The van der Waals surface area contributed by atoms with E-state index in [2.05, 4.69) is 15.6 Å². The lowest BCUT2D eigenvalue weighted by Crippen LogP contribution is -2.64. The number of para-hydroxylation sites is 1. The van der Waals surface area contributed by atoms with Gasteiger partial charge in [-0.05, 0) is 12.1 Å². The van der Waals surface area contributed by atoms with E-state index in [1.54, 1.807) is 24.3 Å². The fourth-order valence-electron chi connectivity index (χ4n) is 3.59. The van der Waals surface area contributed by atoms with E-state index in [4.69, 9.17) is 18.9 Å². The summed E-state index contributed by atoms with van der Waals surface area (Å²) in [4.78, 5) is 47.1. The van der Waals surface area contributed by atoms with Crippen LogP contribution in [-0.2, 0) is 38.1 Å². The molecule has 1 N–H and O–H groups in total. The first kappa shape index (κ1) is 23.1. The molecule has 1 saturated heterocycles. The molecule has 1 aromatic carbocycles. The minimum Gasteiger partial charge on any atom is -0.463 e. The van der Waals surface area contributed by atoms with Gasteiger partial charge >= 0.3 is 17.9 Å². The van der Waals surface area contributed by atoms with Gasteiger partial charge in [-0.25, -0.2) is 4.68 Å². The predicted octanol–water partition coefficient (Wildman–Crippen LogP) is 0.260. The number of aromatic nitrogens is 3. The number of amides is 1. The number of hydrogen-bond acceptors (Lipinski definition) is 10. The SMILES string of the molecule is CC(=O)N[C@@H]1[C@@H](OC(C)=O)[C@H](OC(C)=O)[C@@H](COC(C)=O)O[C@H]1n1nnc2ccccc21. The zero-order valence-corrected chi connectivity index (χ0v) is 18.0. The maximum Gasteiger partial charge on any atom is 0.303 e. The number of carbonyl (C=O) groups is 4. The number of fused-ring (bicyclic) bond motifs is 1. The van der Waals surface area contributed by atoms with Crippen molar-refractivity contribution in [3.8, 4) is 0 Å². The Morgan fingerprint density at radius 1 is 1.00 bits per heavy atom. The Labute approximate surface area is 183 Å². The Morgan fingerprint density at radius 3 is 2.28 bits per heavy atom. The first-order chi connectivity index (χ1) is 15.2. The number of hydrogen-bond donors (Lipinski definition) is 1. The third-order valence-corrected chi connectivity index (χ3v) is 4.71. The molecule has 0 saturated carbocycles. The molecule has 2 aromatic rings. The zero-order valence-electron chi connectivity index (χ0n) is 18.0. The van der Waals surface area contributed by atoms with Crippen LogP contribution >= 0.6 is 0 Å². The van der Waals surface area contributed by atoms with E-state index in [0.717, 1.165) is 0 Å². The number of ether oxygens (including phenoxy) is 4. The molecule has 1 amide bonds. The summed E-state index contributed by atoms with van der Waals surface area (Å²) in [6, 6.07) is 6.07. The molecule has 3 rings (SSSR count). The summed E-state index contributed by atoms with van der Waals surface area (Å²) in [7, 11) is 0. The van der Waals surface area contributed by atoms with Crippen LogP contribution in [-0.4, -0.2) is 69.8 Å². The number of rotatable bonds is 6. The highest BCUT2D eigenvalue weighted by atomic mass is 16.6. The van der Waals surface area contributed by atoms with Gasteiger partial charge in [0, 0.05) is 27.7 Å². The molecule has 2 heterocycles. The lowest BCUT2D eigenvalue weighted by atomic mass is 9.95.